The van der Waals surface area contributed by atoms with Crippen LogP contribution in [0.1, 0.15) is 213 Å². The Bertz CT molecular complexity index is 833. The second-order valence-corrected chi connectivity index (χ2v) is 15.7. The molecule has 0 bridgehead atoms. The number of phosphoric acid groups is 1. The lowest BCUT2D eigenvalue weighted by Crippen LogP contribution is -2.29. The minimum Gasteiger partial charge on any atom is -0.462 e. The molecule has 0 heterocycles. The Balaban J connectivity index is 3.96. The quantitative estimate of drug-likeness (QED) is 0.0288. The topological polar surface area (TPSA) is 108 Å². The third kappa shape index (κ3) is 36.6. The molecule has 0 fully saturated rings. The maximum absolute atomic E-state index is 12.5. The summed E-state index contributed by atoms with van der Waals surface area (Å²) in [6.45, 7) is 3.89. The van der Waals surface area contributed by atoms with Crippen molar-refractivity contribution < 1.29 is 37.6 Å². The van der Waals surface area contributed by atoms with E-state index in [-0.39, 0.29) is 19.0 Å². The van der Waals surface area contributed by atoms with E-state index in [4.69, 9.17) is 14.0 Å². The highest BCUT2D eigenvalue weighted by Gasteiger charge is 2.24. The molecule has 0 saturated heterocycles. The zero-order valence-corrected chi connectivity index (χ0v) is 33.7. The number of carbonyl (C=O) groups excluding carboxylic acids is 2. The van der Waals surface area contributed by atoms with Gasteiger partial charge in [0.15, 0.2) is 6.10 Å². The lowest BCUT2D eigenvalue weighted by atomic mass is 10.0. The smallest absolute Gasteiger partial charge is 0.462 e. The summed E-state index contributed by atoms with van der Waals surface area (Å²) >= 11 is 0. The van der Waals surface area contributed by atoms with Crippen LogP contribution in [0.15, 0.2) is 12.2 Å². The van der Waals surface area contributed by atoms with E-state index in [0.29, 0.717) is 12.8 Å². The second kappa shape index (κ2) is 37.5. The Morgan fingerprint density at radius 2 is 0.900 bits per heavy atom. The third-order valence-corrected chi connectivity index (χ3v) is 10.2. The van der Waals surface area contributed by atoms with Crippen LogP contribution in [0.3, 0.4) is 0 Å². The number of hydrogen-bond donors (Lipinski definition) is 1. The Kier molecular flexibility index (Phi) is 36.6. The monoisotopic (exact) mass is 731 g/mol. The van der Waals surface area contributed by atoms with Crippen LogP contribution in [0.4, 0.5) is 0 Å². The van der Waals surface area contributed by atoms with Crippen LogP contribution in [-0.4, -0.2) is 43.3 Å². The molecule has 2 unspecified atom stereocenters. The average molecular weight is 731 g/mol. The van der Waals surface area contributed by atoms with Gasteiger partial charge in [-0.05, 0) is 38.5 Å². The van der Waals surface area contributed by atoms with Crippen molar-refractivity contribution in [3.05, 3.63) is 12.2 Å². The SMILES string of the molecule is CCCCCCCC/C=C\CCCCCCCCCCCC(=O)OC(COC(=O)CCCCCCCCCCCCCC)COP(=O)(O)OC. The van der Waals surface area contributed by atoms with Gasteiger partial charge in [0.2, 0.25) is 0 Å². The fourth-order valence-corrected chi connectivity index (χ4v) is 6.47. The van der Waals surface area contributed by atoms with Gasteiger partial charge in [0, 0.05) is 20.0 Å². The predicted octanol–water partition coefficient (Wildman–Crippen LogP) is 12.9. The molecule has 0 aromatic rings. The zero-order chi connectivity index (χ0) is 36.8. The Labute approximate surface area is 308 Å². The van der Waals surface area contributed by atoms with Gasteiger partial charge in [-0.2, -0.15) is 0 Å². The van der Waals surface area contributed by atoms with Crippen molar-refractivity contribution >= 4 is 19.8 Å². The van der Waals surface area contributed by atoms with E-state index in [0.717, 1.165) is 39.2 Å². The van der Waals surface area contributed by atoms with E-state index in [1.54, 1.807) is 0 Å². The first-order valence-corrected chi connectivity index (χ1v) is 22.4. The van der Waals surface area contributed by atoms with Crippen LogP contribution in [0, 0.1) is 0 Å². The third-order valence-electron chi connectivity index (χ3n) is 9.26. The van der Waals surface area contributed by atoms with Crippen molar-refractivity contribution in [2.45, 2.75) is 219 Å². The lowest BCUT2D eigenvalue weighted by molar-refractivity contribution is -0.161. The zero-order valence-electron chi connectivity index (χ0n) is 32.8. The molecule has 2 atom stereocenters. The van der Waals surface area contributed by atoms with Gasteiger partial charge < -0.3 is 14.4 Å². The number of ether oxygens (including phenoxy) is 2. The highest BCUT2D eigenvalue weighted by molar-refractivity contribution is 7.47. The van der Waals surface area contributed by atoms with Gasteiger partial charge in [-0.1, -0.05) is 174 Å². The molecule has 0 saturated carbocycles. The number of esters is 2. The molecule has 0 rings (SSSR count). The Morgan fingerprint density at radius 1 is 0.540 bits per heavy atom. The number of unbranched alkanes of at least 4 members (excludes halogenated alkanes) is 26. The predicted molar refractivity (Wildman–Crippen MR) is 207 cm³/mol. The average Bonchev–Trinajstić information content (AvgIpc) is 3.10. The lowest BCUT2D eigenvalue weighted by Gasteiger charge is -2.19. The first-order valence-electron chi connectivity index (χ1n) is 20.9. The second-order valence-electron chi connectivity index (χ2n) is 14.1. The van der Waals surface area contributed by atoms with Crippen LogP contribution < -0.4 is 0 Å². The molecule has 9 heteroatoms. The molecule has 1 N–H and O–H groups in total. The van der Waals surface area contributed by atoms with E-state index < -0.39 is 26.5 Å². The summed E-state index contributed by atoms with van der Waals surface area (Å²) in [6.07, 6.45) is 39.7. The maximum Gasteiger partial charge on any atom is 0.472 e. The van der Waals surface area contributed by atoms with E-state index >= 15 is 0 Å². The summed E-state index contributed by atoms with van der Waals surface area (Å²) in [4.78, 5) is 34.4. The van der Waals surface area contributed by atoms with Crippen LogP contribution in [0.2, 0.25) is 0 Å². The number of hydrogen-bond acceptors (Lipinski definition) is 7. The molecule has 0 spiro atoms. The van der Waals surface area contributed by atoms with Crippen LogP contribution in [-0.2, 0) is 32.7 Å². The highest BCUT2D eigenvalue weighted by Crippen LogP contribution is 2.42. The van der Waals surface area contributed by atoms with Crippen LogP contribution in [0.5, 0.6) is 0 Å². The Morgan fingerprint density at radius 3 is 1.30 bits per heavy atom. The molecule has 50 heavy (non-hydrogen) atoms. The number of carbonyl (C=O) groups is 2. The molecule has 0 aliphatic carbocycles. The summed E-state index contributed by atoms with van der Waals surface area (Å²) in [5.74, 6) is -0.797. The van der Waals surface area contributed by atoms with Crippen molar-refractivity contribution in [1.29, 1.82) is 0 Å². The highest BCUT2D eigenvalue weighted by atomic mass is 31.2. The summed E-state index contributed by atoms with van der Waals surface area (Å²) in [5, 5.41) is 0. The van der Waals surface area contributed by atoms with Gasteiger partial charge in [0.25, 0.3) is 0 Å². The molecular weight excluding hydrogens is 651 g/mol. The maximum atomic E-state index is 12.5. The van der Waals surface area contributed by atoms with Gasteiger partial charge in [-0.15, -0.1) is 0 Å². The summed E-state index contributed by atoms with van der Waals surface area (Å²) < 4.78 is 31.9. The first kappa shape index (κ1) is 48.8. The summed E-state index contributed by atoms with van der Waals surface area (Å²) in [6, 6.07) is 0. The number of rotatable bonds is 39. The van der Waals surface area contributed by atoms with Crippen molar-refractivity contribution in [2.75, 3.05) is 20.3 Å². The molecule has 0 aliphatic heterocycles. The Hall–Kier alpha value is -1.21. The van der Waals surface area contributed by atoms with Crippen molar-refractivity contribution in [3.8, 4) is 0 Å². The minimum atomic E-state index is -4.25. The standard InChI is InChI=1S/C41H79O8P/c1-4-6-8-10-12-14-16-18-19-20-21-22-23-24-26-28-30-32-34-36-41(43)49-39(38-48-50(44,45)46-3)37-47-40(42)35-33-31-29-27-25-17-15-13-11-9-7-5-2/h18-19,39H,4-17,20-38H2,1-3H3,(H,44,45)/b19-18-. The molecule has 0 amide bonds. The van der Waals surface area contributed by atoms with Gasteiger partial charge >= 0.3 is 19.8 Å². The largest absolute Gasteiger partial charge is 0.472 e. The van der Waals surface area contributed by atoms with Crippen LogP contribution in [0.25, 0.3) is 0 Å². The van der Waals surface area contributed by atoms with Crippen molar-refractivity contribution in [1.82, 2.24) is 0 Å². The van der Waals surface area contributed by atoms with E-state index in [1.165, 1.54) is 148 Å². The van der Waals surface area contributed by atoms with Crippen LogP contribution >= 0.6 is 7.82 Å². The van der Waals surface area contributed by atoms with Gasteiger partial charge in [0.1, 0.15) is 6.61 Å². The first-order chi connectivity index (χ1) is 24.3. The molecule has 8 nitrogen and oxygen atoms in total. The van der Waals surface area contributed by atoms with Gasteiger partial charge in [-0.3, -0.25) is 18.6 Å². The molecule has 296 valence electrons. The minimum absolute atomic E-state index is 0.220. The normalized spacial score (nSPS) is 13.4. The molecular formula is C41H79O8P. The molecule has 0 aliphatic rings. The fourth-order valence-electron chi connectivity index (χ4n) is 6.01. The molecule has 0 aromatic carbocycles. The van der Waals surface area contributed by atoms with Gasteiger partial charge in [-0.25, -0.2) is 4.57 Å². The van der Waals surface area contributed by atoms with Crippen molar-refractivity contribution in [2.24, 2.45) is 0 Å². The van der Waals surface area contributed by atoms with Gasteiger partial charge in [0.05, 0.1) is 6.61 Å². The fraction of sp³-hybridized carbons (Fsp3) is 0.902. The summed E-state index contributed by atoms with van der Waals surface area (Å²) in [7, 11) is -3.19. The summed E-state index contributed by atoms with van der Waals surface area (Å²) in [5.41, 5.74) is 0. The molecule has 0 aromatic heterocycles. The number of phosphoric ester groups is 1. The van der Waals surface area contributed by atoms with E-state index in [2.05, 4.69) is 30.5 Å². The molecule has 0 radical (unpaired) electrons. The van der Waals surface area contributed by atoms with Crippen molar-refractivity contribution in [3.63, 3.8) is 0 Å². The van der Waals surface area contributed by atoms with E-state index in [1.807, 2.05) is 0 Å². The number of allylic oxidation sites excluding steroid dienone is 2. The van der Waals surface area contributed by atoms with E-state index in [9.17, 15) is 19.0 Å².